The van der Waals surface area contributed by atoms with Crippen molar-refractivity contribution in [1.82, 2.24) is 14.5 Å². The quantitative estimate of drug-likeness (QED) is 0.459. The zero-order chi connectivity index (χ0) is 19.7. The van der Waals surface area contributed by atoms with Crippen LogP contribution in [0.25, 0.3) is 11.5 Å². The lowest BCUT2D eigenvalue weighted by molar-refractivity contribution is -0.384. The predicted molar refractivity (Wildman–Crippen MR) is 101 cm³/mol. The van der Waals surface area contributed by atoms with E-state index in [0.29, 0.717) is 24.7 Å². The standard InChI is InChI=1S/C17H16N4O5S2/c22-21(23)14-3-5-15(6-4-14)28(24,25)20-8-1-2-12(10-20)16-18-19-17(26-16)13-7-9-27-11-13/h3-7,9,11-12H,1-2,8,10H2. The molecule has 4 rings (SSSR count). The summed E-state index contributed by atoms with van der Waals surface area (Å²) in [4.78, 5) is 10.2. The number of hydrogen-bond donors (Lipinski definition) is 0. The number of nitro benzene ring substituents is 1. The largest absolute Gasteiger partial charge is 0.420 e. The van der Waals surface area contributed by atoms with E-state index >= 15 is 0 Å². The molecule has 1 aliphatic heterocycles. The first-order chi connectivity index (χ1) is 13.4. The molecule has 3 heterocycles. The summed E-state index contributed by atoms with van der Waals surface area (Å²) in [6.07, 6.45) is 1.41. The highest BCUT2D eigenvalue weighted by molar-refractivity contribution is 7.89. The van der Waals surface area contributed by atoms with Gasteiger partial charge in [0, 0.05) is 36.2 Å². The first-order valence-corrected chi connectivity index (χ1v) is 10.9. The van der Waals surface area contributed by atoms with Gasteiger partial charge in [-0.1, -0.05) is 0 Å². The van der Waals surface area contributed by atoms with Crippen molar-refractivity contribution in [2.45, 2.75) is 23.7 Å². The Balaban J connectivity index is 1.54. The SMILES string of the molecule is O=[N+]([O-])c1ccc(S(=O)(=O)N2CCCC(c3nnc(-c4ccsc4)o3)C2)cc1. The summed E-state index contributed by atoms with van der Waals surface area (Å²) in [6.45, 7) is 0.603. The molecule has 1 fully saturated rings. The highest BCUT2D eigenvalue weighted by atomic mass is 32.2. The molecular formula is C17H16N4O5S2. The molecule has 0 radical (unpaired) electrons. The minimum Gasteiger partial charge on any atom is -0.420 e. The molecule has 3 aromatic rings. The van der Waals surface area contributed by atoms with E-state index in [0.717, 1.165) is 12.0 Å². The molecule has 1 saturated heterocycles. The third kappa shape index (κ3) is 3.55. The Morgan fingerprint density at radius 3 is 2.68 bits per heavy atom. The Morgan fingerprint density at radius 1 is 1.21 bits per heavy atom. The van der Waals surface area contributed by atoms with Crippen LogP contribution in [0.4, 0.5) is 5.69 Å². The van der Waals surface area contributed by atoms with Crippen LogP contribution >= 0.6 is 11.3 Å². The van der Waals surface area contributed by atoms with Crippen LogP contribution in [0.3, 0.4) is 0 Å². The molecule has 0 bridgehead atoms. The maximum absolute atomic E-state index is 12.9. The molecule has 1 aromatic carbocycles. The van der Waals surface area contributed by atoms with Crippen LogP contribution in [0.1, 0.15) is 24.7 Å². The number of sulfonamides is 1. The van der Waals surface area contributed by atoms with Crippen molar-refractivity contribution in [1.29, 1.82) is 0 Å². The van der Waals surface area contributed by atoms with Crippen LogP contribution in [0.2, 0.25) is 0 Å². The van der Waals surface area contributed by atoms with Gasteiger partial charge in [-0.05, 0) is 36.4 Å². The van der Waals surface area contributed by atoms with Crippen molar-refractivity contribution in [3.8, 4) is 11.5 Å². The van der Waals surface area contributed by atoms with Crippen molar-refractivity contribution in [3.63, 3.8) is 0 Å². The monoisotopic (exact) mass is 420 g/mol. The van der Waals surface area contributed by atoms with E-state index in [1.54, 1.807) is 0 Å². The predicted octanol–water partition coefficient (Wildman–Crippen LogP) is 3.27. The van der Waals surface area contributed by atoms with E-state index in [1.165, 1.54) is 39.9 Å². The van der Waals surface area contributed by atoms with Crippen LogP contribution in [-0.2, 0) is 10.0 Å². The molecule has 0 spiro atoms. The Labute approximate surface area is 164 Å². The number of aromatic nitrogens is 2. The molecular weight excluding hydrogens is 404 g/mol. The molecule has 0 aliphatic carbocycles. The van der Waals surface area contributed by atoms with Gasteiger partial charge in [-0.25, -0.2) is 8.42 Å². The summed E-state index contributed by atoms with van der Waals surface area (Å²) in [5.74, 6) is 0.651. The fraction of sp³-hybridized carbons (Fsp3) is 0.294. The third-order valence-corrected chi connectivity index (χ3v) is 7.19. The van der Waals surface area contributed by atoms with Crippen molar-refractivity contribution in [3.05, 3.63) is 57.1 Å². The number of piperidine rings is 1. The zero-order valence-corrected chi connectivity index (χ0v) is 16.2. The number of benzene rings is 1. The minimum atomic E-state index is -3.76. The molecule has 146 valence electrons. The number of non-ortho nitro benzene ring substituents is 1. The first kappa shape index (κ1) is 18.7. The average molecular weight is 420 g/mol. The Morgan fingerprint density at radius 2 is 2.00 bits per heavy atom. The molecule has 9 nitrogen and oxygen atoms in total. The molecule has 0 saturated carbocycles. The molecule has 2 aromatic heterocycles. The normalized spacial score (nSPS) is 18.2. The van der Waals surface area contributed by atoms with Gasteiger partial charge in [0.15, 0.2) is 0 Å². The minimum absolute atomic E-state index is 0.0308. The van der Waals surface area contributed by atoms with Crippen molar-refractivity contribution < 1.29 is 17.8 Å². The number of nitro groups is 1. The van der Waals surface area contributed by atoms with Gasteiger partial charge in [0.05, 0.1) is 15.7 Å². The van der Waals surface area contributed by atoms with E-state index in [2.05, 4.69) is 10.2 Å². The molecule has 1 atom stereocenters. The summed E-state index contributed by atoms with van der Waals surface area (Å²) < 4.78 is 33.0. The highest BCUT2D eigenvalue weighted by Gasteiger charge is 2.33. The van der Waals surface area contributed by atoms with Crippen LogP contribution in [0.5, 0.6) is 0 Å². The fourth-order valence-corrected chi connectivity index (χ4v) is 5.31. The maximum Gasteiger partial charge on any atom is 0.269 e. The molecule has 28 heavy (non-hydrogen) atoms. The van der Waals surface area contributed by atoms with Crippen molar-refractivity contribution >= 4 is 27.0 Å². The Kier molecular flexibility index (Phi) is 4.96. The second-order valence-corrected chi connectivity index (χ2v) is 9.13. The summed E-state index contributed by atoms with van der Waals surface area (Å²) in [5.41, 5.74) is 0.692. The van der Waals surface area contributed by atoms with E-state index in [1.807, 2.05) is 16.8 Å². The smallest absolute Gasteiger partial charge is 0.269 e. The number of hydrogen-bond acceptors (Lipinski definition) is 8. The highest BCUT2D eigenvalue weighted by Crippen LogP contribution is 2.31. The summed E-state index contributed by atoms with van der Waals surface area (Å²) in [5, 5.41) is 22.8. The second-order valence-electron chi connectivity index (χ2n) is 6.41. The lowest BCUT2D eigenvalue weighted by Crippen LogP contribution is -2.39. The Hall–Kier alpha value is -2.63. The zero-order valence-electron chi connectivity index (χ0n) is 14.6. The van der Waals surface area contributed by atoms with E-state index < -0.39 is 14.9 Å². The van der Waals surface area contributed by atoms with Gasteiger partial charge < -0.3 is 4.42 Å². The van der Waals surface area contributed by atoms with E-state index in [9.17, 15) is 18.5 Å². The van der Waals surface area contributed by atoms with Crippen molar-refractivity contribution in [2.24, 2.45) is 0 Å². The lowest BCUT2D eigenvalue weighted by atomic mass is 10.00. The van der Waals surface area contributed by atoms with Crippen molar-refractivity contribution in [2.75, 3.05) is 13.1 Å². The molecule has 1 aliphatic rings. The van der Waals surface area contributed by atoms with Crippen LogP contribution in [-0.4, -0.2) is 40.9 Å². The maximum atomic E-state index is 12.9. The third-order valence-electron chi connectivity index (χ3n) is 4.63. The fourth-order valence-electron chi connectivity index (χ4n) is 3.15. The molecule has 0 N–H and O–H groups in total. The number of thiophene rings is 1. The van der Waals surface area contributed by atoms with E-state index in [4.69, 9.17) is 4.42 Å². The lowest BCUT2D eigenvalue weighted by Gasteiger charge is -2.30. The van der Waals surface area contributed by atoms with Gasteiger partial charge in [-0.2, -0.15) is 15.6 Å². The summed E-state index contributed by atoms with van der Waals surface area (Å²) in [6, 6.07) is 6.80. The van der Waals surface area contributed by atoms with Gasteiger partial charge in [0.25, 0.3) is 5.69 Å². The van der Waals surface area contributed by atoms with Gasteiger partial charge >= 0.3 is 0 Å². The molecule has 1 unspecified atom stereocenters. The van der Waals surface area contributed by atoms with Crippen LogP contribution in [0, 0.1) is 10.1 Å². The first-order valence-electron chi connectivity index (χ1n) is 8.56. The Bertz CT molecular complexity index is 1080. The average Bonchev–Trinajstić information content (AvgIpc) is 3.40. The topological polar surface area (TPSA) is 119 Å². The van der Waals surface area contributed by atoms with Gasteiger partial charge in [0.1, 0.15) is 0 Å². The molecule has 0 amide bonds. The van der Waals surface area contributed by atoms with Crippen LogP contribution in [0.15, 0.2) is 50.4 Å². The second kappa shape index (κ2) is 7.41. The molecule has 11 heteroatoms. The number of rotatable bonds is 5. The summed E-state index contributed by atoms with van der Waals surface area (Å²) in [7, 11) is -3.76. The van der Waals surface area contributed by atoms with Gasteiger partial charge in [-0.3, -0.25) is 10.1 Å². The van der Waals surface area contributed by atoms with Gasteiger partial charge in [-0.15, -0.1) is 10.2 Å². The number of nitrogens with zero attached hydrogens (tertiary/aromatic N) is 4. The van der Waals surface area contributed by atoms with Gasteiger partial charge in [0.2, 0.25) is 21.8 Å². The van der Waals surface area contributed by atoms with Crippen LogP contribution < -0.4 is 0 Å². The summed E-state index contributed by atoms with van der Waals surface area (Å²) >= 11 is 1.53. The van der Waals surface area contributed by atoms with E-state index in [-0.39, 0.29) is 23.0 Å².